The molecule has 2 aliphatic rings. The minimum atomic E-state index is -1.50. The Hall–Kier alpha value is -3.08. The number of carboxylic acids is 1. The maximum absolute atomic E-state index is 12.8. The van der Waals surface area contributed by atoms with Crippen LogP contribution in [0, 0.1) is 0 Å². The number of alkyl halides is 1. The Balaban J connectivity index is 1.76. The molecule has 3 heterocycles. The van der Waals surface area contributed by atoms with Gasteiger partial charge in [0.2, 0.25) is 11.5 Å². The number of anilines is 1. The van der Waals surface area contributed by atoms with E-state index in [2.05, 4.69) is 24.7 Å². The molecule has 190 valence electrons. The molecule has 2 aliphatic heterocycles. The predicted octanol–water partition coefficient (Wildman–Crippen LogP) is -2.24. The number of likely N-dealkylation sites (N-methyl/N-ethyl adjacent to an activating group) is 1. The fourth-order valence-corrected chi connectivity index (χ4v) is 5.25. The van der Waals surface area contributed by atoms with Gasteiger partial charge >= 0.3 is 0 Å². The second-order valence-corrected chi connectivity index (χ2v) is 10.1. The number of quaternary nitrogens is 1. The van der Waals surface area contributed by atoms with E-state index in [1.165, 1.54) is 11.8 Å². The van der Waals surface area contributed by atoms with Crippen LogP contribution in [-0.2, 0) is 19.2 Å². The number of oxime groups is 1. The second-order valence-electron chi connectivity index (χ2n) is 8.19. The molecule has 0 aromatic carbocycles. The number of thioether (sulfide) groups is 1. The van der Waals surface area contributed by atoms with Crippen LogP contribution in [0.3, 0.4) is 0 Å². The molecule has 35 heavy (non-hydrogen) atoms. The summed E-state index contributed by atoms with van der Waals surface area (Å²) in [6.45, 7) is 0.562. The zero-order valence-corrected chi connectivity index (χ0v) is 20.6. The summed E-state index contributed by atoms with van der Waals surface area (Å²) in [6, 6.07) is -1.06. The van der Waals surface area contributed by atoms with Crippen LogP contribution < -0.4 is 21.9 Å². The van der Waals surface area contributed by atoms with Crippen molar-refractivity contribution in [1.82, 2.24) is 19.6 Å². The highest BCUT2D eigenvalue weighted by Gasteiger charge is 2.53. The van der Waals surface area contributed by atoms with Gasteiger partial charge in [-0.1, -0.05) is 11.2 Å². The molecule has 5 N–H and O–H groups in total. The lowest BCUT2D eigenvalue weighted by Crippen LogP contribution is -2.71. The second kappa shape index (κ2) is 11.1. The van der Waals surface area contributed by atoms with Gasteiger partial charge in [0.05, 0.1) is 38.9 Å². The first-order valence-electron chi connectivity index (χ1n) is 10.3. The molecular weight excluding hydrogens is 503 g/mol. The number of fused-ring (bicyclic) bond motifs is 1. The van der Waals surface area contributed by atoms with Crippen molar-refractivity contribution in [3.05, 3.63) is 29.2 Å². The van der Waals surface area contributed by atoms with Crippen LogP contribution in [0.25, 0.3) is 0 Å². The third-order valence-corrected chi connectivity index (χ3v) is 7.05. The summed E-state index contributed by atoms with van der Waals surface area (Å²) < 4.78 is 16.9. The molecule has 2 amide bonds. The number of carbonyl (C=O) groups is 3. The highest BCUT2D eigenvalue weighted by molar-refractivity contribution is 8.00. The zero-order valence-electron chi connectivity index (χ0n) is 19.0. The number of halogens is 1. The third-order valence-electron chi connectivity index (χ3n) is 5.20. The minimum absolute atomic E-state index is 0.0454. The van der Waals surface area contributed by atoms with Gasteiger partial charge in [0.25, 0.3) is 18.7 Å². The lowest BCUT2D eigenvalue weighted by Gasteiger charge is -2.50. The van der Waals surface area contributed by atoms with Crippen molar-refractivity contribution >= 4 is 51.9 Å². The number of aromatic nitrogens is 2. The van der Waals surface area contributed by atoms with Gasteiger partial charge in [0.1, 0.15) is 11.4 Å². The summed E-state index contributed by atoms with van der Waals surface area (Å²) >= 11 is 2.07. The Morgan fingerprint density at radius 3 is 2.80 bits per heavy atom. The van der Waals surface area contributed by atoms with E-state index in [-0.39, 0.29) is 22.4 Å². The molecule has 1 aromatic heterocycles. The van der Waals surface area contributed by atoms with Crippen LogP contribution >= 0.6 is 23.3 Å². The first-order chi connectivity index (χ1) is 16.6. The molecule has 0 saturated carbocycles. The van der Waals surface area contributed by atoms with Gasteiger partial charge in [-0.05, 0) is 11.6 Å². The van der Waals surface area contributed by atoms with Crippen LogP contribution in [0.1, 0.15) is 5.82 Å². The number of rotatable bonds is 11. The lowest BCUT2D eigenvalue weighted by molar-refractivity contribution is -0.883. The maximum Gasteiger partial charge on any atom is 0.278 e. The summed E-state index contributed by atoms with van der Waals surface area (Å²) in [5, 5.41) is 17.1. The Morgan fingerprint density at radius 1 is 1.46 bits per heavy atom. The first kappa shape index (κ1) is 26.5. The van der Waals surface area contributed by atoms with Crippen molar-refractivity contribution in [2.45, 2.75) is 11.4 Å². The number of carboxylic acid groups (broad SMARTS) is 1. The number of nitrogens with one attached hydrogen (secondary N) is 1. The summed E-state index contributed by atoms with van der Waals surface area (Å²) in [5.74, 6) is -2.96. The van der Waals surface area contributed by atoms with Gasteiger partial charge in [-0.15, -0.1) is 11.8 Å². The van der Waals surface area contributed by atoms with E-state index in [4.69, 9.17) is 11.5 Å². The molecule has 0 aliphatic carbocycles. The molecule has 1 fully saturated rings. The summed E-state index contributed by atoms with van der Waals surface area (Å²) in [4.78, 5) is 46.7. The molecule has 0 radical (unpaired) electrons. The minimum Gasteiger partial charge on any atom is -0.543 e. The van der Waals surface area contributed by atoms with Gasteiger partial charge in [-0.25, -0.2) is 4.39 Å². The van der Waals surface area contributed by atoms with Crippen LogP contribution in [0.5, 0.6) is 0 Å². The van der Waals surface area contributed by atoms with Crippen LogP contribution in [0.15, 0.2) is 28.6 Å². The Morgan fingerprint density at radius 2 is 2.20 bits per heavy atom. The van der Waals surface area contributed by atoms with Gasteiger partial charge in [-0.3, -0.25) is 14.5 Å². The van der Waals surface area contributed by atoms with Crippen LogP contribution in [0.2, 0.25) is 0 Å². The number of hydrogen-bond donors (Lipinski definition) is 3. The fourth-order valence-electron chi connectivity index (χ4n) is 3.49. The molecule has 0 spiro atoms. The van der Waals surface area contributed by atoms with E-state index >= 15 is 0 Å². The Labute approximate surface area is 208 Å². The SMILES string of the molecule is C[N+](C)(C/C=C/C1=C(C(=O)[O-])N2C(=O)[C@@H](NC(=O)/C(=N\OCF)c3nsc(N)n3)[C@H]2SC1)CCN. The van der Waals surface area contributed by atoms with Crippen molar-refractivity contribution in [1.29, 1.82) is 0 Å². The highest BCUT2D eigenvalue weighted by Crippen LogP contribution is 2.40. The van der Waals surface area contributed by atoms with E-state index in [0.717, 1.165) is 23.0 Å². The van der Waals surface area contributed by atoms with E-state index in [1.807, 2.05) is 20.2 Å². The number of nitrogens with two attached hydrogens (primary N) is 2. The molecular formula is C19H25FN8O5S2. The molecule has 0 unspecified atom stereocenters. The highest BCUT2D eigenvalue weighted by atomic mass is 32.2. The first-order valence-corrected chi connectivity index (χ1v) is 12.2. The molecule has 1 aromatic rings. The number of carbonyl (C=O) groups excluding carboxylic acids is 3. The van der Waals surface area contributed by atoms with Gasteiger partial charge in [0.15, 0.2) is 5.13 Å². The van der Waals surface area contributed by atoms with Crippen molar-refractivity contribution < 1.29 is 33.2 Å². The standard InChI is InChI=1S/C19H25FN8O5S2/c1-28(2,7-5-21)6-3-4-10-8-34-17-12(16(30)27(17)13(10)18(31)32)23-15(29)11(25-33-9-20)14-24-19(22)35-26-14/h3-4,12,17H,5-9,21H2,1-2H3,(H3-,22,23,24,26,29,31,32)/b4-3+,25-11-/t12-,17-/m1/s1. The molecule has 1 saturated heterocycles. The van der Waals surface area contributed by atoms with Gasteiger partial charge in [0, 0.05) is 23.8 Å². The number of β-lactam (4-membered cyclic amide) rings is 1. The Kier molecular flexibility index (Phi) is 8.42. The van der Waals surface area contributed by atoms with Crippen molar-refractivity contribution in [2.24, 2.45) is 10.9 Å². The topological polar surface area (TPSA) is 189 Å². The predicted molar refractivity (Wildman–Crippen MR) is 125 cm³/mol. The smallest absolute Gasteiger partial charge is 0.278 e. The summed E-state index contributed by atoms with van der Waals surface area (Å²) in [6.07, 6.45) is 3.50. The van der Waals surface area contributed by atoms with Crippen LogP contribution in [0.4, 0.5) is 9.52 Å². The number of hydrogen-bond acceptors (Lipinski definition) is 12. The van der Waals surface area contributed by atoms with Gasteiger partial charge < -0.3 is 36.0 Å². The number of nitrogen functional groups attached to an aromatic ring is 1. The quantitative estimate of drug-likeness (QED) is 0.123. The number of aliphatic carboxylic acids is 1. The fraction of sp³-hybridized carbons (Fsp3) is 0.474. The van der Waals surface area contributed by atoms with Crippen LogP contribution in [-0.4, -0.2) is 100.0 Å². The van der Waals surface area contributed by atoms with E-state index in [0.29, 0.717) is 23.1 Å². The monoisotopic (exact) mass is 528 g/mol. The Bertz CT molecular complexity index is 1090. The van der Waals surface area contributed by atoms with Gasteiger partial charge in [-0.2, -0.15) is 9.36 Å². The maximum atomic E-state index is 12.8. The lowest BCUT2D eigenvalue weighted by atomic mass is 10.0. The van der Waals surface area contributed by atoms with Crippen molar-refractivity contribution in [3.63, 3.8) is 0 Å². The zero-order chi connectivity index (χ0) is 25.8. The molecule has 2 atom stereocenters. The number of nitrogens with zero attached hydrogens (tertiary/aromatic N) is 5. The largest absolute Gasteiger partial charge is 0.543 e. The van der Waals surface area contributed by atoms with E-state index in [9.17, 15) is 23.9 Å². The molecule has 13 nitrogen and oxygen atoms in total. The van der Waals surface area contributed by atoms with Crippen molar-refractivity contribution in [3.8, 4) is 0 Å². The average Bonchev–Trinajstić information content (AvgIpc) is 3.22. The van der Waals surface area contributed by atoms with Crippen molar-refractivity contribution in [2.75, 3.05) is 52.1 Å². The van der Waals surface area contributed by atoms with E-state index in [1.54, 1.807) is 6.08 Å². The molecule has 3 rings (SSSR count). The summed E-state index contributed by atoms with van der Waals surface area (Å²) in [5.41, 5.74) is 10.9. The number of allylic oxidation sites excluding steroid dienone is 1. The number of amides is 2. The summed E-state index contributed by atoms with van der Waals surface area (Å²) in [7, 11) is 3.99. The normalized spacial score (nSPS) is 20.6. The third kappa shape index (κ3) is 5.95. The molecule has 0 bridgehead atoms. The average molecular weight is 529 g/mol. The van der Waals surface area contributed by atoms with E-state index < -0.39 is 41.8 Å². The molecule has 16 heteroatoms.